The van der Waals surface area contributed by atoms with Gasteiger partial charge in [-0.25, -0.2) is 15.0 Å². The second kappa shape index (κ2) is 7.92. The summed E-state index contributed by atoms with van der Waals surface area (Å²) in [5, 5.41) is 12.2. The smallest absolute Gasteiger partial charge is 0.228 e. The number of hydrogen-bond acceptors (Lipinski definition) is 7. The minimum Gasteiger partial charge on any atom is -0.495 e. The maximum absolute atomic E-state index is 12.3. The summed E-state index contributed by atoms with van der Waals surface area (Å²) in [4.78, 5) is 25.7. The van der Waals surface area contributed by atoms with Crippen LogP contribution >= 0.6 is 0 Å². The zero-order valence-corrected chi connectivity index (χ0v) is 18.1. The van der Waals surface area contributed by atoms with Crippen molar-refractivity contribution < 1.29 is 9.53 Å². The number of nitrogens with zero attached hydrogens (tertiary/aromatic N) is 5. The molecule has 1 fully saturated rings. The maximum atomic E-state index is 12.3. The number of carbonyl (C=O) groups excluding carboxylic acids is 1. The Morgan fingerprint density at radius 2 is 1.91 bits per heavy atom. The van der Waals surface area contributed by atoms with Gasteiger partial charge in [-0.1, -0.05) is 12.1 Å². The Morgan fingerprint density at radius 3 is 2.59 bits per heavy atom. The number of methoxy groups -OCH3 is 1. The number of aromatic nitrogens is 5. The van der Waals surface area contributed by atoms with Crippen LogP contribution in [0.4, 0.5) is 11.6 Å². The Balaban J connectivity index is 1.68. The first-order valence-corrected chi connectivity index (χ1v) is 10.4. The van der Waals surface area contributed by atoms with E-state index in [9.17, 15) is 4.79 Å². The molecule has 0 aliphatic heterocycles. The molecule has 1 saturated carbocycles. The highest BCUT2D eigenvalue weighted by Gasteiger charge is 2.30. The van der Waals surface area contributed by atoms with Gasteiger partial charge in [-0.05, 0) is 25.0 Å². The van der Waals surface area contributed by atoms with Crippen LogP contribution < -0.4 is 15.4 Å². The van der Waals surface area contributed by atoms with Crippen LogP contribution in [0.15, 0.2) is 43.0 Å². The van der Waals surface area contributed by atoms with Crippen molar-refractivity contribution in [1.29, 1.82) is 0 Å². The van der Waals surface area contributed by atoms with Gasteiger partial charge in [0.2, 0.25) is 5.91 Å². The molecule has 9 heteroatoms. The van der Waals surface area contributed by atoms with Crippen molar-refractivity contribution in [1.82, 2.24) is 24.7 Å². The number of para-hydroxylation sites is 1. The number of pyridine rings is 2. The number of anilines is 2. The Morgan fingerprint density at radius 1 is 1.09 bits per heavy atom. The first-order chi connectivity index (χ1) is 15.6. The van der Waals surface area contributed by atoms with E-state index < -0.39 is 0 Å². The lowest BCUT2D eigenvalue weighted by Gasteiger charge is -2.16. The molecule has 3 heterocycles. The molecule has 0 atom stereocenters. The van der Waals surface area contributed by atoms with E-state index in [2.05, 4.69) is 30.7 Å². The van der Waals surface area contributed by atoms with Gasteiger partial charge in [-0.15, -0.1) is 0 Å². The van der Waals surface area contributed by atoms with Crippen LogP contribution in [0.3, 0.4) is 0 Å². The number of ether oxygens (including phenoxy) is 1. The van der Waals surface area contributed by atoms with Crippen LogP contribution in [0.2, 0.25) is 0 Å². The monoisotopic (exact) mass is 429 g/mol. The van der Waals surface area contributed by atoms with Crippen LogP contribution in [0.25, 0.3) is 33.3 Å². The molecule has 0 saturated heterocycles. The number of carbonyl (C=O) groups is 1. The molecule has 0 bridgehead atoms. The summed E-state index contributed by atoms with van der Waals surface area (Å²) in [5.41, 5.74) is 2.49. The number of aryl methyl sites for hydroxylation is 1. The largest absolute Gasteiger partial charge is 0.495 e. The fourth-order valence-electron chi connectivity index (χ4n) is 3.80. The molecule has 1 amide bonds. The molecule has 3 aromatic heterocycles. The third-order valence-electron chi connectivity index (χ3n) is 5.56. The Kier molecular flexibility index (Phi) is 4.93. The molecule has 9 nitrogen and oxygen atoms in total. The van der Waals surface area contributed by atoms with Crippen LogP contribution in [0, 0.1) is 5.92 Å². The molecule has 5 rings (SSSR count). The van der Waals surface area contributed by atoms with Gasteiger partial charge in [-0.3, -0.25) is 9.48 Å². The minimum atomic E-state index is 0.0158. The third-order valence-corrected chi connectivity index (χ3v) is 5.56. The molecule has 4 aromatic rings. The summed E-state index contributed by atoms with van der Waals surface area (Å²) in [6.07, 6.45) is 7.06. The molecule has 32 heavy (non-hydrogen) atoms. The van der Waals surface area contributed by atoms with Crippen molar-refractivity contribution in [3.05, 3.63) is 43.0 Å². The van der Waals surface area contributed by atoms with Crippen molar-refractivity contribution in [3.63, 3.8) is 0 Å². The van der Waals surface area contributed by atoms with Gasteiger partial charge in [0, 0.05) is 54.3 Å². The summed E-state index contributed by atoms with van der Waals surface area (Å²) < 4.78 is 7.47. The Hall–Kier alpha value is -4.01. The van der Waals surface area contributed by atoms with Crippen molar-refractivity contribution in [2.24, 2.45) is 13.0 Å². The topological polar surface area (TPSA) is 107 Å². The first-order valence-electron chi connectivity index (χ1n) is 10.4. The molecule has 162 valence electrons. The first kappa shape index (κ1) is 19.9. The lowest BCUT2D eigenvalue weighted by molar-refractivity contribution is -0.117. The van der Waals surface area contributed by atoms with Gasteiger partial charge in [0.15, 0.2) is 5.82 Å². The summed E-state index contributed by atoms with van der Waals surface area (Å²) in [5.74, 6) is 2.57. The molecule has 1 aliphatic rings. The van der Waals surface area contributed by atoms with E-state index in [1.54, 1.807) is 30.5 Å². The second-order valence-electron chi connectivity index (χ2n) is 7.78. The van der Waals surface area contributed by atoms with Crippen LogP contribution in [-0.4, -0.2) is 44.8 Å². The van der Waals surface area contributed by atoms with E-state index in [0.29, 0.717) is 23.2 Å². The van der Waals surface area contributed by atoms with E-state index in [1.165, 1.54) is 0 Å². The number of amides is 1. The number of hydrogen-bond donors (Lipinski definition) is 2. The lowest BCUT2D eigenvalue weighted by Crippen LogP contribution is -2.14. The number of fused-ring (bicyclic) bond motifs is 1. The van der Waals surface area contributed by atoms with Gasteiger partial charge in [0.25, 0.3) is 0 Å². The van der Waals surface area contributed by atoms with E-state index in [-0.39, 0.29) is 11.8 Å². The van der Waals surface area contributed by atoms with E-state index in [1.807, 2.05) is 38.4 Å². The van der Waals surface area contributed by atoms with Crippen molar-refractivity contribution >= 4 is 28.3 Å². The Labute approximate surface area is 184 Å². The predicted molar refractivity (Wildman–Crippen MR) is 122 cm³/mol. The average Bonchev–Trinajstić information content (AvgIpc) is 3.58. The predicted octanol–water partition coefficient (Wildman–Crippen LogP) is 3.49. The zero-order valence-electron chi connectivity index (χ0n) is 18.1. The quantitative estimate of drug-likeness (QED) is 0.483. The fourth-order valence-corrected chi connectivity index (χ4v) is 3.80. The summed E-state index contributed by atoms with van der Waals surface area (Å²) in [7, 11) is 5.27. The molecule has 0 radical (unpaired) electrons. The van der Waals surface area contributed by atoms with Crippen LogP contribution in [-0.2, 0) is 11.8 Å². The third kappa shape index (κ3) is 3.51. The van der Waals surface area contributed by atoms with Crippen molar-refractivity contribution in [2.45, 2.75) is 12.8 Å². The van der Waals surface area contributed by atoms with Gasteiger partial charge < -0.3 is 15.4 Å². The standard InChI is InChI=1S/C23H23N7O2/c1-24-21-18-11-25-19(28-23(31)13-7-8-13)9-16(18)17(10-26-21)14-5-4-6-15(20(14)32-3)22-27-12-30(2)29-22/h4-6,9-13H,7-8H2,1-3H3,(H,24,26)(H,25,28,31). The summed E-state index contributed by atoms with van der Waals surface area (Å²) >= 11 is 0. The van der Waals surface area contributed by atoms with Crippen molar-refractivity contribution in [3.8, 4) is 28.3 Å². The molecule has 0 spiro atoms. The Bertz CT molecular complexity index is 1330. The highest BCUT2D eigenvalue weighted by molar-refractivity contribution is 6.05. The lowest BCUT2D eigenvalue weighted by atomic mass is 9.98. The van der Waals surface area contributed by atoms with E-state index in [4.69, 9.17) is 4.74 Å². The molecule has 1 aromatic carbocycles. The molecular weight excluding hydrogens is 406 g/mol. The van der Waals surface area contributed by atoms with E-state index in [0.717, 1.165) is 40.3 Å². The highest BCUT2D eigenvalue weighted by Crippen LogP contribution is 2.41. The molecular formula is C23H23N7O2. The van der Waals surface area contributed by atoms with Crippen LogP contribution in [0.5, 0.6) is 5.75 Å². The zero-order chi connectivity index (χ0) is 22.2. The molecule has 1 aliphatic carbocycles. The highest BCUT2D eigenvalue weighted by atomic mass is 16.5. The molecule has 0 unspecified atom stereocenters. The second-order valence-corrected chi connectivity index (χ2v) is 7.78. The van der Waals surface area contributed by atoms with Crippen LogP contribution in [0.1, 0.15) is 12.8 Å². The number of rotatable bonds is 6. The van der Waals surface area contributed by atoms with Gasteiger partial charge in [-0.2, -0.15) is 5.10 Å². The normalized spacial score (nSPS) is 13.2. The number of benzene rings is 1. The van der Waals surface area contributed by atoms with Gasteiger partial charge in [0.05, 0.1) is 12.7 Å². The fraction of sp³-hybridized carbons (Fsp3) is 0.261. The SMILES string of the molecule is CNc1ncc(-c2cccc(-c3ncn(C)n3)c2OC)c2cc(NC(=O)C3CC3)ncc12. The van der Waals surface area contributed by atoms with E-state index >= 15 is 0 Å². The minimum absolute atomic E-state index is 0.0158. The number of nitrogens with one attached hydrogen (secondary N) is 2. The summed E-state index contributed by atoms with van der Waals surface area (Å²) in [6, 6.07) is 7.73. The van der Waals surface area contributed by atoms with Gasteiger partial charge in [0.1, 0.15) is 23.7 Å². The van der Waals surface area contributed by atoms with Gasteiger partial charge >= 0.3 is 0 Å². The maximum Gasteiger partial charge on any atom is 0.228 e. The summed E-state index contributed by atoms with van der Waals surface area (Å²) in [6.45, 7) is 0. The van der Waals surface area contributed by atoms with Crippen molar-refractivity contribution in [2.75, 3.05) is 24.8 Å². The average molecular weight is 429 g/mol. The molecule has 2 N–H and O–H groups in total.